The second-order valence-electron chi connectivity index (χ2n) is 11.3. The fourth-order valence-electron chi connectivity index (χ4n) is 5.80. The van der Waals surface area contributed by atoms with Crippen LogP contribution in [0, 0.1) is 18.0 Å². The van der Waals surface area contributed by atoms with E-state index >= 15 is 0 Å². The van der Waals surface area contributed by atoms with Crippen LogP contribution in [0.25, 0.3) is 11.1 Å². The molecule has 1 aliphatic carbocycles. The molecule has 2 N–H and O–H groups in total. The molecule has 2 aromatic carbocycles. The molecule has 0 aromatic heterocycles. The number of rotatable bonds is 14. The SMILES string of the molecule is CCC(C)C(C)(NC(C(=O)OCC1c2ccccc2-c2ccccc21)C(P)C(P)C(P)C(O)[CH]P)C(C)CC. The Hall–Kier alpha value is -0.450. The van der Waals surface area contributed by atoms with E-state index in [1.54, 1.807) is 6.16 Å². The summed E-state index contributed by atoms with van der Waals surface area (Å²) in [6.45, 7) is 11.5. The van der Waals surface area contributed by atoms with Gasteiger partial charge in [0.15, 0.2) is 0 Å². The van der Waals surface area contributed by atoms with Crippen LogP contribution in [-0.2, 0) is 9.53 Å². The van der Waals surface area contributed by atoms with Gasteiger partial charge in [0, 0.05) is 28.9 Å². The van der Waals surface area contributed by atoms with Crippen LogP contribution in [-0.4, -0.2) is 52.3 Å². The first kappa shape index (κ1) is 33.1. The third kappa shape index (κ3) is 7.14. The number of esters is 1. The molecule has 11 unspecified atom stereocenters. The van der Waals surface area contributed by atoms with Crippen LogP contribution in [0.4, 0.5) is 0 Å². The zero-order valence-corrected chi connectivity index (χ0v) is 28.6. The van der Waals surface area contributed by atoms with Crippen LogP contribution in [0.5, 0.6) is 0 Å². The molecule has 0 aliphatic heterocycles. The van der Waals surface area contributed by atoms with Gasteiger partial charge in [-0.15, -0.1) is 37.0 Å². The van der Waals surface area contributed by atoms with Gasteiger partial charge in [-0.2, -0.15) is 0 Å². The molecule has 1 radical (unpaired) electrons. The van der Waals surface area contributed by atoms with Crippen molar-refractivity contribution in [3.8, 4) is 11.1 Å². The van der Waals surface area contributed by atoms with E-state index in [4.69, 9.17) is 4.74 Å². The number of ether oxygens (including phenoxy) is 1. The van der Waals surface area contributed by atoms with Crippen LogP contribution in [0.2, 0.25) is 0 Å². The molecule has 39 heavy (non-hydrogen) atoms. The average molecular weight is 607 g/mol. The van der Waals surface area contributed by atoms with Crippen molar-refractivity contribution in [3.63, 3.8) is 0 Å². The summed E-state index contributed by atoms with van der Waals surface area (Å²) in [6.07, 6.45) is 3.10. The van der Waals surface area contributed by atoms with Gasteiger partial charge in [0.05, 0.1) is 6.10 Å². The lowest BCUT2D eigenvalue weighted by Crippen LogP contribution is -2.62. The van der Waals surface area contributed by atoms with Crippen LogP contribution >= 0.6 is 37.0 Å². The number of carbonyl (C=O) groups is 1. The van der Waals surface area contributed by atoms with Gasteiger partial charge in [-0.1, -0.05) is 89.1 Å². The average Bonchev–Trinajstić information content (AvgIpc) is 3.29. The molecule has 0 amide bonds. The molecule has 0 saturated carbocycles. The number of benzene rings is 2. The standard InChI is InChI=1S/C31H48NO3P4/c1-6-18(3)31(5,19(4)7-2)32-26(28(38)29(39)27(37)25(33)17-36)30(34)35-16-24-22-14-10-8-12-20(22)21-13-9-11-15-23(21)24/h8-15,17-19,24-29,32-33H,6-7,16,36-39H2,1-5H3. The maximum atomic E-state index is 14.0. The molecule has 1 aliphatic rings. The van der Waals surface area contributed by atoms with E-state index in [2.05, 4.69) is 125 Å². The summed E-state index contributed by atoms with van der Waals surface area (Å²) in [5.41, 5.74) is 4.19. The van der Waals surface area contributed by atoms with E-state index in [0.29, 0.717) is 18.4 Å². The molecule has 4 nitrogen and oxygen atoms in total. The lowest BCUT2D eigenvalue weighted by molar-refractivity contribution is -0.147. The maximum Gasteiger partial charge on any atom is 0.323 e. The fraction of sp³-hybridized carbons (Fsp3) is 0.548. The Labute approximate surface area is 245 Å². The highest BCUT2D eigenvalue weighted by Gasteiger charge is 2.43. The van der Waals surface area contributed by atoms with E-state index < -0.39 is 12.1 Å². The van der Waals surface area contributed by atoms with E-state index in [1.807, 2.05) is 0 Å². The largest absolute Gasteiger partial charge is 0.463 e. The van der Waals surface area contributed by atoms with Gasteiger partial charge in [0.1, 0.15) is 12.6 Å². The number of aliphatic hydroxyl groups excluding tert-OH is 1. The second-order valence-corrected chi connectivity index (χ2v) is 14.0. The summed E-state index contributed by atoms with van der Waals surface area (Å²) in [4.78, 5) is 14.0. The molecule has 0 saturated heterocycles. The van der Waals surface area contributed by atoms with Crippen LogP contribution in [0.3, 0.4) is 0 Å². The lowest BCUT2D eigenvalue weighted by atomic mass is 9.73. The number of hydrogen-bond donors (Lipinski definition) is 2. The smallest absolute Gasteiger partial charge is 0.323 e. The topological polar surface area (TPSA) is 58.6 Å². The minimum atomic E-state index is -0.621. The Balaban J connectivity index is 1.91. The van der Waals surface area contributed by atoms with Crippen LogP contribution < -0.4 is 5.32 Å². The van der Waals surface area contributed by atoms with Crippen molar-refractivity contribution in [2.75, 3.05) is 6.61 Å². The van der Waals surface area contributed by atoms with Gasteiger partial charge in [-0.3, -0.25) is 10.1 Å². The van der Waals surface area contributed by atoms with Gasteiger partial charge in [-0.25, -0.2) is 0 Å². The van der Waals surface area contributed by atoms with Crippen molar-refractivity contribution in [1.82, 2.24) is 5.32 Å². The third-order valence-electron chi connectivity index (χ3n) is 9.21. The summed E-state index contributed by atoms with van der Waals surface area (Å²) in [7, 11) is 11.0. The summed E-state index contributed by atoms with van der Waals surface area (Å²) in [5, 5.41) is 14.4. The van der Waals surface area contributed by atoms with Crippen molar-refractivity contribution in [1.29, 1.82) is 0 Å². The highest BCUT2D eigenvalue weighted by atomic mass is 31.0. The molecular weight excluding hydrogens is 558 g/mol. The molecule has 0 spiro atoms. The Kier molecular flexibility index (Phi) is 12.4. The van der Waals surface area contributed by atoms with Gasteiger partial charge >= 0.3 is 5.97 Å². The number of aliphatic hydroxyl groups is 1. The van der Waals surface area contributed by atoms with Crippen LogP contribution in [0.15, 0.2) is 48.5 Å². The molecular formula is C31H48NO3P4. The van der Waals surface area contributed by atoms with Crippen LogP contribution in [0.1, 0.15) is 64.5 Å². The lowest BCUT2D eigenvalue weighted by Gasteiger charge is -2.46. The predicted molar refractivity (Wildman–Crippen MR) is 179 cm³/mol. The monoisotopic (exact) mass is 606 g/mol. The zero-order valence-electron chi connectivity index (χ0n) is 24.0. The summed E-state index contributed by atoms with van der Waals surface area (Å²) in [5.74, 6) is 0.475. The molecule has 0 fully saturated rings. The van der Waals surface area contributed by atoms with Crippen molar-refractivity contribution in [2.24, 2.45) is 11.8 Å². The Morgan fingerprint density at radius 2 is 1.44 bits per heavy atom. The minimum absolute atomic E-state index is 0.00953. The Bertz CT molecular complexity index is 1040. The summed E-state index contributed by atoms with van der Waals surface area (Å²) in [6, 6.07) is 16.3. The van der Waals surface area contributed by atoms with Crippen molar-refractivity contribution < 1.29 is 14.6 Å². The normalized spacial score (nSPS) is 20.1. The summed E-state index contributed by atoms with van der Waals surface area (Å²) >= 11 is 0. The first-order chi connectivity index (χ1) is 18.5. The van der Waals surface area contributed by atoms with Gasteiger partial charge in [0.25, 0.3) is 0 Å². The fourth-order valence-corrected chi connectivity index (χ4v) is 7.91. The quantitative estimate of drug-likeness (QED) is 0.196. The van der Waals surface area contributed by atoms with E-state index in [0.717, 1.165) is 12.8 Å². The third-order valence-corrected chi connectivity index (χ3v) is 13.1. The minimum Gasteiger partial charge on any atom is -0.463 e. The number of fused-ring (bicyclic) bond motifs is 3. The summed E-state index contributed by atoms with van der Waals surface area (Å²) < 4.78 is 6.21. The maximum absolute atomic E-state index is 14.0. The number of carbonyl (C=O) groups excluding carboxylic acids is 1. The molecule has 3 rings (SSSR count). The predicted octanol–water partition coefficient (Wildman–Crippen LogP) is 6.28. The van der Waals surface area contributed by atoms with E-state index in [-0.39, 0.29) is 34.4 Å². The van der Waals surface area contributed by atoms with Gasteiger partial charge in [-0.05, 0) is 46.7 Å². The zero-order chi connectivity index (χ0) is 28.9. The van der Waals surface area contributed by atoms with Crippen molar-refractivity contribution in [3.05, 3.63) is 65.8 Å². The Morgan fingerprint density at radius 1 is 0.949 bits per heavy atom. The van der Waals surface area contributed by atoms with Crippen molar-refractivity contribution >= 4 is 42.9 Å². The number of hydrogen-bond acceptors (Lipinski definition) is 4. The molecule has 2 aromatic rings. The molecule has 8 heteroatoms. The van der Waals surface area contributed by atoms with Gasteiger partial charge < -0.3 is 9.84 Å². The molecule has 0 heterocycles. The van der Waals surface area contributed by atoms with E-state index in [1.165, 1.54) is 22.3 Å². The molecule has 11 atom stereocenters. The molecule has 215 valence electrons. The number of nitrogens with one attached hydrogen (secondary N) is 1. The first-order valence-electron chi connectivity index (χ1n) is 14.1. The highest BCUT2D eigenvalue weighted by molar-refractivity contribution is 7.26. The Morgan fingerprint density at radius 3 is 1.90 bits per heavy atom. The van der Waals surface area contributed by atoms with Crippen molar-refractivity contribution in [2.45, 2.75) is 88.0 Å². The molecule has 0 bridgehead atoms. The highest BCUT2D eigenvalue weighted by Crippen LogP contribution is 2.44. The second kappa shape index (κ2) is 14.6. The van der Waals surface area contributed by atoms with Gasteiger partial charge in [0.2, 0.25) is 0 Å². The first-order valence-corrected chi connectivity index (χ1v) is 16.8. The van der Waals surface area contributed by atoms with E-state index in [9.17, 15) is 9.90 Å².